The van der Waals surface area contributed by atoms with Gasteiger partial charge in [0.15, 0.2) is 19.7 Å². The first-order valence-electron chi connectivity index (χ1n) is 9.93. The van der Waals surface area contributed by atoms with Gasteiger partial charge in [-0.1, -0.05) is 6.07 Å². The lowest BCUT2D eigenvalue weighted by Gasteiger charge is -2.31. The van der Waals surface area contributed by atoms with Crippen molar-refractivity contribution in [3.8, 4) is 0 Å². The highest BCUT2D eigenvalue weighted by atomic mass is 32.2. The van der Waals surface area contributed by atoms with Crippen LogP contribution >= 0.6 is 0 Å². The Morgan fingerprint density at radius 2 is 1.77 bits per heavy atom. The van der Waals surface area contributed by atoms with Gasteiger partial charge < -0.3 is 9.64 Å². The highest BCUT2D eigenvalue weighted by Crippen LogP contribution is 2.27. The number of likely N-dealkylation sites (tertiary alicyclic amines) is 1. The van der Waals surface area contributed by atoms with Crippen molar-refractivity contribution < 1.29 is 34.8 Å². The maximum atomic E-state index is 12.8. The van der Waals surface area contributed by atoms with Gasteiger partial charge >= 0.3 is 6.09 Å². The molecule has 2 fully saturated rings. The summed E-state index contributed by atoms with van der Waals surface area (Å²) >= 11 is 0. The zero-order valence-corrected chi connectivity index (χ0v) is 19.5. The Morgan fingerprint density at radius 1 is 1.13 bits per heavy atom. The van der Waals surface area contributed by atoms with Gasteiger partial charge in [0.25, 0.3) is 0 Å². The second-order valence-electron chi connectivity index (χ2n) is 7.63. The number of amides is 1. The first-order valence-corrected chi connectivity index (χ1v) is 14.8. The number of hydrogen-bond donors (Lipinski definition) is 1. The van der Waals surface area contributed by atoms with Gasteiger partial charge in [0.05, 0.1) is 33.2 Å². The normalized spacial score (nSPS) is 22.4. The molecule has 2 saturated heterocycles. The Bertz CT molecular complexity index is 1140. The van der Waals surface area contributed by atoms with Crippen molar-refractivity contribution >= 4 is 35.8 Å². The van der Waals surface area contributed by atoms with Crippen LogP contribution in [0.25, 0.3) is 0 Å². The van der Waals surface area contributed by atoms with Crippen molar-refractivity contribution in [1.29, 1.82) is 0 Å². The summed E-state index contributed by atoms with van der Waals surface area (Å²) < 4.78 is 82.1. The largest absolute Gasteiger partial charge is 0.450 e. The maximum Gasteiger partial charge on any atom is 0.409 e. The van der Waals surface area contributed by atoms with Crippen LogP contribution in [0.4, 0.5) is 4.79 Å². The minimum Gasteiger partial charge on any atom is -0.450 e. The summed E-state index contributed by atoms with van der Waals surface area (Å²) in [5.74, 6) is -0.648. The van der Waals surface area contributed by atoms with Gasteiger partial charge in [-0.05, 0) is 44.4 Å². The molecular formula is C18H26N2O8S3. The molecule has 0 aromatic heterocycles. The predicted molar refractivity (Wildman–Crippen MR) is 113 cm³/mol. The lowest BCUT2D eigenvalue weighted by atomic mass is 10.1. The third-order valence-electron chi connectivity index (χ3n) is 5.42. The van der Waals surface area contributed by atoms with E-state index in [1.165, 1.54) is 23.1 Å². The van der Waals surface area contributed by atoms with Crippen molar-refractivity contribution in [3.05, 3.63) is 24.3 Å². The number of nitrogens with one attached hydrogen (secondary N) is 1. The molecule has 10 nitrogen and oxygen atoms in total. The fourth-order valence-corrected chi connectivity index (χ4v) is 9.53. The summed E-state index contributed by atoms with van der Waals surface area (Å²) in [5.41, 5.74) is 0. The number of ether oxygens (including phenoxy) is 1. The minimum atomic E-state index is -4.00. The number of carbonyl (C=O) groups is 1. The summed E-state index contributed by atoms with van der Waals surface area (Å²) in [7, 11) is -11.4. The van der Waals surface area contributed by atoms with Crippen LogP contribution in [0.1, 0.15) is 26.2 Å². The Balaban J connectivity index is 1.71. The van der Waals surface area contributed by atoms with Crippen LogP contribution < -0.4 is 4.72 Å². The van der Waals surface area contributed by atoms with E-state index in [4.69, 9.17) is 4.74 Å². The quantitative estimate of drug-likeness (QED) is 0.604. The number of carbonyl (C=O) groups excluding carboxylic acids is 1. The Morgan fingerprint density at radius 3 is 2.35 bits per heavy atom. The van der Waals surface area contributed by atoms with Crippen LogP contribution in [0, 0.1) is 0 Å². The molecule has 13 heteroatoms. The van der Waals surface area contributed by atoms with Gasteiger partial charge in [-0.15, -0.1) is 0 Å². The molecule has 1 N–H and O–H groups in total. The zero-order valence-electron chi connectivity index (χ0n) is 17.1. The molecule has 0 aliphatic carbocycles. The van der Waals surface area contributed by atoms with E-state index in [9.17, 15) is 30.0 Å². The van der Waals surface area contributed by atoms with Gasteiger partial charge in [-0.3, -0.25) is 0 Å². The summed E-state index contributed by atoms with van der Waals surface area (Å²) in [6.45, 7) is 2.66. The van der Waals surface area contributed by atoms with Gasteiger partial charge in [-0.25, -0.2) is 34.8 Å². The fourth-order valence-electron chi connectivity index (χ4n) is 3.70. The summed E-state index contributed by atoms with van der Waals surface area (Å²) in [4.78, 5) is 12.9. The monoisotopic (exact) mass is 494 g/mol. The SMILES string of the molecule is CCOC(=O)N1CCC(NS(=O)(=O)c2cccc(S(=O)(=O)[C@H]3CCS(=O)(=O)C3)c2)CC1. The number of benzene rings is 1. The van der Waals surface area contributed by atoms with Gasteiger partial charge in [0, 0.05) is 19.1 Å². The van der Waals surface area contributed by atoms with Crippen LogP contribution in [0.5, 0.6) is 0 Å². The topological polar surface area (TPSA) is 144 Å². The van der Waals surface area contributed by atoms with E-state index in [1.807, 2.05) is 0 Å². The number of piperidine rings is 1. The van der Waals surface area contributed by atoms with E-state index in [0.29, 0.717) is 25.9 Å². The highest BCUT2D eigenvalue weighted by Gasteiger charge is 2.38. The number of rotatable bonds is 6. The molecule has 2 aliphatic heterocycles. The molecule has 0 spiro atoms. The number of sulfone groups is 2. The minimum absolute atomic E-state index is 0.00106. The fraction of sp³-hybridized carbons (Fsp3) is 0.611. The Labute approximate surface area is 182 Å². The van der Waals surface area contributed by atoms with Crippen LogP contribution in [0.15, 0.2) is 34.1 Å². The summed E-state index contributed by atoms with van der Waals surface area (Å²) in [6.07, 6.45) is 0.362. The van der Waals surface area contributed by atoms with Crippen molar-refractivity contribution in [2.24, 2.45) is 0 Å². The van der Waals surface area contributed by atoms with Crippen LogP contribution in [0.3, 0.4) is 0 Å². The molecule has 1 aromatic carbocycles. The number of sulfonamides is 1. The lowest BCUT2D eigenvalue weighted by molar-refractivity contribution is 0.0966. The van der Waals surface area contributed by atoms with Crippen LogP contribution in [-0.2, 0) is 34.4 Å². The Kier molecular flexibility index (Phi) is 6.99. The highest BCUT2D eigenvalue weighted by molar-refractivity contribution is 7.96. The maximum absolute atomic E-state index is 12.8. The van der Waals surface area contributed by atoms with Crippen LogP contribution in [0.2, 0.25) is 0 Å². The summed E-state index contributed by atoms with van der Waals surface area (Å²) in [5, 5.41) is -1.07. The van der Waals surface area contributed by atoms with E-state index < -0.39 is 52.8 Å². The molecule has 174 valence electrons. The van der Waals surface area contributed by atoms with E-state index in [2.05, 4.69) is 4.72 Å². The van der Waals surface area contributed by atoms with E-state index in [0.717, 1.165) is 6.07 Å². The average Bonchev–Trinajstić information content (AvgIpc) is 3.09. The Hall–Kier alpha value is -1.70. The van der Waals surface area contributed by atoms with Crippen molar-refractivity contribution in [2.45, 2.75) is 47.3 Å². The standard InChI is InChI=1S/C18H26N2O8S3/c1-2-28-18(21)20-9-6-14(7-10-20)19-31(26,27)16-5-3-4-15(12-16)30(24,25)17-8-11-29(22,23)13-17/h3-5,12,14,17,19H,2,6-11,13H2,1H3/t17-/m0/s1. The molecular weight excluding hydrogens is 468 g/mol. The van der Waals surface area contributed by atoms with Gasteiger partial charge in [-0.2, -0.15) is 0 Å². The molecule has 1 aromatic rings. The molecule has 0 unspecified atom stereocenters. The molecule has 1 atom stereocenters. The molecule has 0 radical (unpaired) electrons. The van der Waals surface area contributed by atoms with Crippen molar-refractivity contribution in [3.63, 3.8) is 0 Å². The third-order valence-corrected chi connectivity index (χ3v) is 11.1. The molecule has 2 heterocycles. The second-order valence-corrected chi connectivity index (χ2v) is 13.8. The second kappa shape index (κ2) is 9.04. The van der Waals surface area contributed by atoms with E-state index >= 15 is 0 Å². The molecule has 3 rings (SSSR count). The molecule has 1 amide bonds. The van der Waals surface area contributed by atoms with E-state index in [-0.39, 0.29) is 28.6 Å². The van der Waals surface area contributed by atoms with Gasteiger partial charge in [0.1, 0.15) is 0 Å². The first-order chi connectivity index (χ1) is 14.4. The summed E-state index contributed by atoms with van der Waals surface area (Å²) in [6, 6.07) is 4.55. The molecule has 0 saturated carbocycles. The molecule has 0 bridgehead atoms. The predicted octanol–water partition coefficient (Wildman–Crippen LogP) is 0.547. The third kappa shape index (κ3) is 5.57. The smallest absolute Gasteiger partial charge is 0.409 e. The lowest BCUT2D eigenvalue weighted by Crippen LogP contribution is -2.46. The number of hydrogen-bond acceptors (Lipinski definition) is 8. The number of nitrogens with zero attached hydrogens (tertiary/aromatic N) is 1. The van der Waals surface area contributed by atoms with Crippen molar-refractivity contribution in [1.82, 2.24) is 9.62 Å². The zero-order chi connectivity index (χ0) is 22.9. The molecule has 31 heavy (non-hydrogen) atoms. The van der Waals surface area contributed by atoms with Crippen molar-refractivity contribution in [2.75, 3.05) is 31.2 Å². The molecule has 2 aliphatic rings. The van der Waals surface area contributed by atoms with Crippen LogP contribution in [-0.4, -0.2) is 78.7 Å². The first kappa shape index (κ1) is 24.0. The average molecular weight is 495 g/mol. The van der Waals surface area contributed by atoms with E-state index in [1.54, 1.807) is 6.92 Å². The van der Waals surface area contributed by atoms with Gasteiger partial charge in [0.2, 0.25) is 10.0 Å².